The van der Waals surface area contributed by atoms with Gasteiger partial charge in [0.05, 0.1) is 17.3 Å². The maximum atomic E-state index is 12.6. The maximum Gasteiger partial charge on any atom is 0.196 e. The molecule has 0 saturated heterocycles. The Balaban J connectivity index is 3.04. The minimum Gasteiger partial charge on any atom is -0.389 e. The van der Waals surface area contributed by atoms with Crippen molar-refractivity contribution in [1.82, 2.24) is 9.88 Å². The minimum atomic E-state index is -0.867. The molecule has 1 rings (SSSR count). The highest BCUT2D eigenvalue weighted by atomic mass is 16.3. The van der Waals surface area contributed by atoms with Crippen LogP contribution >= 0.6 is 0 Å². The van der Waals surface area contributed by atoms with Gasteiger partial charge in [-0.05, 0) is 54.2 Å². The summed E-state index contributed by atoms with van der Waals surface area (Å²) in [5, 5.41) is 9.86. The zero-order valence-electron chi connectivity index (χ0n) is 14.0. The quantitative estimate of drug-likeness (QED) is 0.788. The smallest absolute Gasteiger partial charge is 0.196 e. The van der Waals surface area contributed by atoms with Crippen molar-refractivity contribution in [2.75, 3.05) is 13.6 Å². The predicted molar refractivity (Wildman–Crippen MR) is 83.0 cm³/mol. The number of aromatic amines is 1. The Morgan fingerprint density at radius 3 is 2.24 bits per heavy atom. The van der Waals surface area contributed by atoms with Gasteiger partial charge in [0.2, 0.25) is 0 Å². The van der Waals surface area contributed by atoms with Crippen LogP contribution in [0.25, 0.3) is 0 Å². The van der Waals surface area contributed by atoms with Crippen LogP contribution in [0.2, 0.25) is 0 Å². The van der Waals surface area contributed by atoms with Crippen molar-refractivity contribution in [3.63, 3.8) is 0 Å². The number of rotatable bonds is 6. The highest BCUT2D eigenvalue weighted by molar-refractivity contribution is 6.05. The first-order valence-corrected chi connectivity index (χ1v) is 7.12. The number of likely N-dealkylation sites (N-methyl/N-ethyl adjacent to an activating group) is 1. The number of hydrogen-bond acceptors (Lipinski definition) is 4. The molecule has 0 aliphatic carbocycles. The van der Waals surface area contributed by atoms with Crippen molar-refractivity contribution in [3.05, 3.63) is 22.5 Å². The maximum absolute atomic E-state index is 12.6. The molecule has 0 aliphatic rings. The molecule has 0 radical (unpaired) electrons. The number of aliphatic hydroxyl groups is 1. The topological polar surface area (TPSA) is 73.4 Å². The number of nitrogens with zero attached hydrogens (tertiary/aromatic N) is 1. The van der Waals surface area contributed by atoms with Crippen molar-refractivity contribution < 1.29 is 14.7 Å². The average Bonchev–Trinajstić information content (AvgIpc) is 2.60. The van der Waals surface area contributed by atoms with Crippen molar-refractivity contribution in [2.45, 2.75) is 53.2 Å². The first-order valence-electron chi connectivity index (χ1n) is 7.12. The van der Waals surface area contributed by atoms with Gasteiger partial charge in [0.15, 0.2) is 11.6 Å². The lowest BCUT2D eigenvalue weighted by Gasteiger charge is -2.29. The van der Waals surface area contributed by atoms with Gasteiger partial charge in [0.1, 0.15) is 0 Å². The summed E-state index contributed by atoms with van der Waals surface area (Å²) in [4.78, 5) is 29.1. The summed E-state index contributed by atoms with van der Waals surface area (Å²) in [5.74, 6) is -0.118. The zero-order chi connectivity index (χ0) is 16.5. The third-order valence-electron chi connectivity index (χ3n) is 3.71. The fourth-order valence-corrected chi connectivity index (χ4v) is 2.68. The van der Waals surface area contributed by atoms with Crippen LogP contribution in [0, 0.1) is 13.8 Å². The molecule has 2 N–H and O–H groups in total. The molecule has 1 aromatic heterocycles. The van der Waals surface area contributed by atoms with E-state index >= 15 is 0 Å². The SMILES string of the molecule is CC(=O)c1c(C)[nH]c(C(=O)C(C)N(C)CC(C)(C)O)c1C. The Hall–Kier alpha value is -1.46. The molecule has 1 aromatic rings. The first kappa shape index (κ1) is 17.6. The fraction of sp³-hybridized carbons (Fsp3) is 0.625. The Morgan fingerprint density at radius 2 is 1.86 bits per heavy atom. The van der Waals surface area contributed by atoms with Crippen LogP contribution in [-0.2, 0) is 0 Å². The lowest BCUT2D eigenvalue weighted by atomic mass is 10.0. The number of ketones is 2. The lowest BCUT2D eigenvalue weighted by molar-refractivity contribution is 0.0328. The third-order valence-corrected chi connectivity index (χ3v) is 3.71. The van der Waals surface area contributed by atoms with Gasteiger partial charge in [-0.2, -0.15) is 0 Å². The van der Waals surface area contributed by atoms with Gasteiger partial charge in [-0.25, -0.2) is 0 Å². The van der Waals surface area contributed by atoms with Gasteiger partial charge < -0.3 is 10.1 Å². The van der Waals surface area contributed by atoms with Crippen LogP contribution in [-0.4, -0.2) is 51.8 Å². The number of Topliss-reactive ketones (excluding diaryl/α,β-unsaturated/α-hetero) is 2. The van der Waals surface area contributed by atoms with E-state index in [1.54, 1.807) is 41.7 Å². The van der Waals surface area contributed by atoms with Gasteiger partial charge >= 0.3 is 0 Å². The summed E-state index contributed by atoms with van der Waals surface area (Å²) in [6.45, 7) is 10.7. The fourth-order valence-electron chi connectivity index (χ4n) is 2.68. The van der Waals surface area contributed by atoms with Gasteiger partial charge in [-0.1, -0.05) is 0 Å². The molecule has 1 heterocycles. The number of aryl methyl sites for hydroxylation is 1. The van der Waals surface area contributed by atoms with Crippen LogP contribution in [0.4, 0.5) is 0 Å². The molecule has 0 amide bonds. The summed E-state index contributed by atoms with van der Waals surface area (Å²) < 4.78 is 0. The number of carbonyl (C=O) groups excluding carboxylic acids is 2. The molecule has 0 spiro atoms. The predicted octanol–water partition coefficient (Wildman–Crippen LogP) is 2.11. The van der Waals surface area contributed by atoms with Gasteiger partial charge in [0.25, 0.3) is 0 Å². The molecule has 0 aliphatic heterocycles. The molecule has 0 fully saturated rings. The molecule has 0 bridgehead atoms. The van der Waals surface area contributed by atoms with Gasteiger partial charge in [-0.3, -0.25) is 14.5 Å². The summed E-state index contributed by atoms with van der Waals surface area (Å²) in [6, 6.07) is -0.381. The third kappa shape index (κ3) is 4.02. The van der Waals surface area contributed by atoms with E-state index in [1.807, 2.05) is 4.90 Å². The summed E-state index contributed by atoms with van der Waals surface area (Å²) >= 11 is 0. The van der Waals surface area contributed by atoms with Gasteiger partial charge in [-0.15, -0.1) is 0 Å². The van der Waals surface area contributed by atoms with E-state index in [0.29, 0.717) is 23.4 Å². The van der Waals surface area contributed by atoms with Crippen molar-refractivity contribution in [2.24, 2.45) is 0 Å². The lowest BCUT2D eigenvalue weighted by Crippen LogP contribution is -2.44. The van der Waals surface area contributed by atoms with E-state index in [9.17, 15) is 14.7 Å². The molecular weight excluding hydrogens is 268 g/mol. The monoisotopic (exact) mass is 294 g/mol. The molecule has 1 atom stereocenters. The summed E-state index contributed by atoms with van der Waals surface area (Å²) in [5.41, 5.74) is 1.63. The van der Waals surface area contributed by atoms with Gasteiger partial charge in [0, 0.05) is 17.8 Å². The highest BCUT2D eigenvalue weighted by Gasteiger charge is 2.28. The largest absolute Gasteiger partial charge is 0.389 e. The zero-order valence-corrected chi connectivity index (χ0v) is 14.0. The molecule has 0 saturated carbocycles. The average molecular weight is 294 g/mol. The molecule has 21 heavy (non-hydrogen) atoms. The molecule has 0 aromatic carbocycles. The number of nitrogens with one attached hydrogen (secondary N) is 1. The standard InChI is InChI=1S/C16H26N2O3/c1-9-13(12(4)19)10(2)17-14(9)15(20)11(3)18(7)8-16(5,6)21/h11,17,21H,8H2,1-7H3. The van der Waals surface area contributed by atoms with Crippen LogP contribution in [0.5, 0.6) is 0 Å². The van der Waals surface area contributed by atoms with E-state index in [-0.39, 0.29) is 17.6 Å². The molecule has 118 valence electrons. The van der Waals surface area contributed by atoms with Crippen LogP contribution in [0.15, 0.2) is 0 Å². The summed E-state index contributed by atoms with van der Waals surface area (Å²) in [7, 11) is 1.80. The Morgan fingerprint density at radius 1 is 1.33 bits per heavy atom. The van der Waals surface area contributed by atoms with Crippen LogP contribution in [0.3, 0.4) is 0 Å². The second kappa shape index (κ2) is 6.12. The van der Waals surface area contributed by atoms with Crippen LogP contribution in [0.1, 0.15) is 59.8 Å². The molecule has 5 nitrogen and oxygen atoms in total. The minimum absolute atomic E-state index is 0.0437. The van der Waals surface area contributed by atoms with E-state index in [0.717, 1.165) is 5.69 Å². The second-order valence-corrected chi connectivity index (χ2v) is 6.45. The number of hydrogen-bond donors (Lipinski definition) is 2. The second-order valence-electron chi connectivity index (χ2n) is 6.45. The van der Waals surface area contributed by atoms with Crippen molar-refractivity contribution >= 4 is 11.6 Å². The number of carbonyl (C=O) groups is 2. The molecule has 1 unspecified atom stereocenters. The van der Waals surface area contributed by atoms with E-state index in [4.69, 9.17) is 0 Å². The first-order chi connectivity index (χ1) is 9.45. The van der Waals surface area contributed by atoms with Crippen molar-refractivity contribution in [1.29, 1.82) is 0 Å². The van der Waals surface area contributed by atoms with Crippen LogP contribution < -0.4 is 0 Å². The molecular formula is C16H26N2O3. The Kier molecular flexibility index (Phi) is 5.12. The van der Waals surface area contributed by atoms with Crippen molar-refractivity contribution in [3.8, 4) is 0 Å². The Labute approximate surface area is 126 Å². The van der Waals surface area contributed by atoms with E-state index in [2.05, 4.69) is 4.98 Å². The van der Waals surface area contributed by atoms with E-state index in [1.165, 1.54) is 6.92 Å². The normalized spacial score (nSPS) is 13.6. The summed E-state index contributed by atoms with van der Waals surface area (Å²) in [6.07, 6.45) is 0. The Bertz CT molecular complexity index is 553. The number of H-pyrrole nitrogens is 1. The van der Waals surface area contributed by atoms with E-state index < -0.39 is 5.60 Å². The highest BCUT2D eigenvalue weighted by Crippen LogP contribution is 2.21. The molecule has 5 heteroatoms. The number of aromatic nitrogens is 1.